The Hall–Kier alpha value is -3.43. The van der Waals surface area contributed by atoms with Crippen LogP contribution in [-0.4, -0.2) is 11.9 Å². The minimum Gasteiger partial charge on any atom is -0.325 e. The van der Waals surface area contributed by atoms with Gasteiger partial charge in [-0.1, -0.05) is 72.8 Å². The van der Waals surface area contributed by atoms with Crippen LogP contribution in [0.2, 0.25) is 0 Å². The molecule has 5 aromatic rings. The van der Waals surface area contributed by atoms with Crippen LogP contribution in [0.4, 0.5) is 5.69 Å². The van der Waals surface area contributed by atoms with Gasteiger partial charge in [-0.25, -0.2) is 0 Å². The molecule has 3 N–H and O–H groups in total. The number of benzene rings is 5. The van der Waals surface area contributed by atoms with Crippen molar-refractivity contribution >= 4 is 43.9 Å². The fraction of sp³-hybridized carbons (Fsp3) is 0.0800. The van der Waals surface area contributed by atoms with Gasteiger partial charge >= 0.3 is 0 Å². The van der Waals surface area contributed by atoms with Gasteiger partial charge in [0.25, 0.3) is 0 Å². The summed E-state index contributed by atoms with van der Waals surface area (Å²) < 4.78 is 0. The average molecular weight is 364 g/mol. The number of rotatable bonds is 4. The van der Waals surface area contributed by atoms with E-state index in [9.17, 15) is 4.79 Å². The molecule has 0 aliphatic carbocycles. The molecule has 5 rings (SSSR count). The zero-order valence-electron chi connectivity index (χ0n) is 15.4. The van der Waals surface area contributed by atoms with E-state index in [1.807, 2.05) is 42.5 Å². The molecule has 1 unspecified atom stereocenters. The smallest absolute Gasteiger partial charge is 0.241 e. The second kappa shape index (κ2) is 6.63. The third-order valence-corrected chi connectivity index (χ3v) is 5.37. The van der Waals surface area contributed by atoms with Crippen molar-refractivity contribution in [1.29, 1.82) is 0 Å². The molecule has 0 saturated carbocycles. The Kier molecular flexibility index (Phi) is 3.96. The predicted molar refractivity (Wildman–Crippen MR) is 117 cm³/mol. The lowest BCUT2D eigenvalue weighted by Gasteiger charge is -2.15. The van der Waals surface area contributed by atoms with Crippen molar-refractivity contribution in [3.63, 3.8) is 0 Å². The molecule has 3 heteroatoms. The standard InChI is InChI=1S/C25H20N2O/c26-22(13-16-5-2-1-3-6-16)25(28)27-21-14-19-11-9-17-7-4-8-18-10-12-20(15-21)24(19)23(17)18/h1-12,14-15,22H,13,26H2,(H,27,28). The highest BCUT2D eigenvalue weighted by atomic mass is 16.2. The lowest BCUT2D eigenvalue weighted by Crippen LogP contribution is -2.37. The maximum absolute atomic E-state index is 12.6. The summed E-state index contributed by atoms with van der Waals surface area (Å²) in [6.45, 7) is 0. The molecule has 0 heterocycles. The number of hydrogen-bond acceptors (Lipinski definition) is 2. The summed E-state index contributed by atoms with van der Waals surface area (Å²) in [5.41, 5.74) is 7.97. The molecule has 136 valence electrons. The first-order valence-corrected chi connectivity index (χ1v) is 9.47. The fourth-order valence-electron chi connectivity index (χ4n) is 4.02. The Balaban J connectivity index is 1.48. The third kappa shape index (κ3) is 2.86. The quantitative estimate of drug-likeness (QED) is 0.436. The van der Waals surface area contributed by atoms with E-state index in [0.29, 0.717) is 6.42 Å². The summed E-state index contributed by atoms with van der Waals surface area (Å²) in [7, 11) is 0. The lowest BCUT2D eigenvalue weighted by atomic mass is 9.94. The maximum atomic E-state index is 12.6. The number of nitrogens with two attached hydrogens (primary N) is 1. The third-order valence-electron chi connectivity index (χ3n) is 5.37. The first-order chi connectivity index (χ1) is 13.7. The molecular formula is C25H20N2O. The molecular weight excluding hydrogens is 344 g/mol. The normalized spacial score (nSPS) is 12.6. The molecule has 0 saturated heterocycles. The molecule has 0 bridgehead atoms. The number of carbonyl (C=O) groups excluding carboxylic acids is 1. The average Bonchev–Trinajstić information content (AvgIpc) is 2.72. The summed E-state index contributed by atoms with van der Waals surface area (Å²) in [4.78, 5) is 12.6. The highest BCUT2D eigenvalue weighted by Gasteiger charge is 2.15. The van der Waals surface area contributed by atoms with Crippen molar-refractivity contribution < 1.29 is 4.79 Å². The van der Waals surface area contributed by atoms with Crippen LogP contribution in [-0.2, 0) is 11.2 Å². The second-order valence-corrected chi connectivity index (χ2v) is 7.29. The van der Waals surface area contributed by atoms with Crippen LogP contribution < -0.4 is 11.1 Å². The monoisotopic (exact) mass is 364 g/mol. The SMILES string of the molecule is NC(Cc1ccccc1)C(=O)Nc1cc2ccc3cccc4ccc(c1)c2c34. The van der Waals surface area contributed by atoms with Gasteiger partial charge in [0.2, 0.25) is 5.91 Å². The summed E-state index contributed by atoms with van der Waals surface area (Å²) >= 11 is 0. The van der Waals surface area contributed by atoms with Crippen molar-refractivity contribution in [1.82, 2.24) is 0 Å². The summed E-state index contributed by atoms with van der Waals surface area (Å²) in [6, 6.07) is 28.2. The number of nitrogens with one attached hydrogen (secondary N) is 1. The molecule has 0 radical (unpaired) electrons. The van der Waals surface area contributed by atoms with E-state index in [0.717, 1.165) is 22.0 Å². The maximum Gasteiger partial charge on any atom is 0.241 e. The molecule has 3 nitrogen and oxygen atoms in total. The van der Waals surface area contributed by atoms with Crippen LogP contribution in [0.5, 0.6) is 0 Å². The van der Waals surface area contributed by atoms with Crippen LogP contribution >= 0.6 is 0 Å². The zero-order valence-corrected chi connectivity index (χ0v) is 15.4. The van der Waals surface area contributed by atoms with Gasteiger partial charge in [0.15, 0.2) is 0 Å². The van der Waals surface area contributed by atoms with Crippen LogP contribution in [0.15, 0.2) is 84.9 Å². The topological polar surface area (TPSA) is 55.1 Å². The Labute approximate surface area is 163 Å². The second-order valence-electron chi connectivity index (χ2n) is 7.29. The van der Waals surface area contributed by atoms with Crippen molar-refractivity contribution in [2.75, 3.05) is 5.32 Å². The Morgan fingerprint density at radius 1 is 0.750 bits per heavy atom. The fourth-order valence-corrected chi connectivity index (χ4v) is 4.02. The first kappa shape index (κ1) is 16.7. The predicted octanol–water partition coefficient (Wildman–Crippen LogP) is 5.09. The molecule has 0 fully saturated rings. The Morgan fingerprint density at radius 3 is 1.96 bits per heavy atom. The van der Waals surface area contributed by atoms with Gasteiger partial charge in [-0.15, -0.1) is 0 Å². The van der Waals surface area contributed by atoms with Crippen LogP contribution in [0, 0.1) is 0 Å². The van der Waals surface area contributed by atoms with Crippen LogP contribution in [0.3, 0.4) is 0 Å². The summed E-state index contributed by atoms with van der Waals surface area (Å²) in [6.07, 6.45) is 0.515. The number of amides is 1. The van der Waals surface area contributed by atoms with E-state index >= 15 is 0 Å². The van der Waals surface area contributed by atoms with E-state index in [1.165, 1.54) is 21.5 Å². The van der Waals surface area contributed by atoms with E-state index in [4.69, 9.17) is 5.73 Å². The van der Waals surface area contributed by atoms with Crippen molar-refractivity contribution in [2.45, 2.75) is 12.5 Å². The molecule has 5 aromatic carbocycles. The van der Waals surface area contributed by atoms with E-state index < -0.39 is 6.04 Å². The van der Waals surface area contributed by atoms with Gasteiger partial charge in [0.1, 0.15) is 0 Å². The Morgan fingerprint density at radius 2 is 1.32 bits per heavy atom. The molecule has 0 aliphatic rings. The first-order valence-electron chi connectivity index (χ1n) is 9.47. The molecule has 0 aliphatic heterocycles. The molecule has 0 aromatic heterocycles. The number of hydrogen-bond donors (Lipinski definition) is 2. The van der Waals surface area contributed by atoms with E-state index in [-0.39, 0.29) is 5.91 Å². The van der Waals surface area contributed by atoms with Gasteiger partial charge in [0.05, 0.1) is 6.04 Å². The molecule has 1 atom stereocenters. The number of anilines is 1. The van der Waals surface area contributed by atoms with Crippen molar-refractivity contribution in [3.8, 4) is 0 Å². The minimum atomic E-state index is -0.590. The van der Waals surface area contributed by atoms with Crippen molar-refractivity contribution in [3.05, 3.63) is 90.5 Å². The largest absolute Gasteiger partial charge is 0.325 e. The zero-order chi connectivity index (χ0) is 19.1. The number of carbonyl (C=O) groups is 1. The van der Waals surface area contributed by atoms with Gasteiger partial charge < -0.3 is 11.1 Å². The van der Waals surface area contributed by atoms with E-state index in [2.05, 4.69) is 47.8 Å². The van der Waals surface area contributed by atoms with Gasteiger partial charge in [-0.2, -0.15) is 0 Å². The molecule has 0 spiro atoms. The highest BCUT2D eigenvalue weighted by Crippen LogP contribution is 2.36. The van der Waals surface area contributed by atoms with Gasteiger partial charge in [0, 0.05) is 5.69 Å². The molecule has 1 amide bonds. The van der Waals surface area contributed by atoms with Crippen molar-refractivity contribution in [2.24, 2.45) is 5.73 Å². The van der Waals surface area contributed by atoms with Crippen LogP contribution in [0.25, 0.3) is 32.3 Å². The van der Waals surface area contributed by atoms with Gasteiger partial charge in [-0.3, -0.25) is 4.79 Å². The Bertz CT molecular complexity index is 1230. The summed E-state index contributed by atoms with van der Waals surface area (Å²) in [5, 5.41) is 10.2. The van der Waals surface area contributed by atoms with Gasteiger partial charge in [-0.05, 0) is 56.4 Å². The van der Waals surface area contributed by atoms with Crippen LogP contribution in [0.1, 0.15) is 5.56 Å². The van der Waals surface area contributed by atoms with E-state index in [1.54, 1.807) is 0 Å². The minimum absolute atomic E-state index is 0.170. The highest BCUT2D eigenvalue weighted by molar-refractivity contribution is 6.23. The molecule has 28 heavy (non-hydrogen) atoms. The lowest BCUT2D eigenvalue weighted by molar-refractivity contribution is -0.117. The summed E-state index contributed by atoms with van der Waals surface area (Å²) in [5.74, 6) is -0.170.